The van der Waals surface area contributed by atoms with Gasteiger partial charge in [0.25, 0.3) is 0 Å². The molecule has 0 saturated heterocycles. The molecule has 4 heteroatoms. The number of amides is 1. The van der Waals surface area contributed by atoms with Crippen LogP contribution < -0.4 is 10.4 Å². The van der Waals surface area contributed by atoms with Crippen LogP contribution in [0.4, 0.5) is 5.69 Å². The van der Waals surface area contributed by atoms with Crippen molar-refractivity contribution in [3.8, 4) is 0 Å². The van der Waals surface area contributed by atoms with Crippen LogP contribution in [0.15, 0.2) is 24.3 Å². The SMILES string of the molecule is Cc1cccc(NC(=O)[C@@H]2C3CCC(CC3)[C@H]2C(=O)[O-])c1. The van der Waals surface area contributed by atoms with Crippen molar-refractivity contribution in [2.45, 2.75) is 32.6 Å². The maximum atomic E-state index is 12.6. The Morgan fingerprint density at radius 2 is 1.71 bits per heavy atom. The van der Waals surface area contributed by atoms with E-state index in [-0.39, 0.29) is 17.7 Å². The number of hydrogen-bond acceptors (Lipinski definition) is 3. The van der Waals surface area contributed by atoms with Gasteiger partial charge in [0.15, 0.2) is 0 Å². The molecule has 3 aliphatic rings. The minimum absolute atomic E-state index is 0.105. The van der Waals surface area contributed by atoms with Gasteiger partial charge in [-0.2, -0.15) is 0 Å². The number of carbonyl (C=O) groups excluding carboxylic acids is 2. The first-order valence-electron chi connectivity index (χ1n) is 7.64. The van der Waals surface area contributed by atoms with Crippen LogP contribution in [-0.2, 0) is 9.59 Å². The van der Waals surface area contributed by atoms with Crippen LogP contribution in [-0.4, -0.2) is 11.9 Å². The van der Waals surface area contributed by atoms with Crippen LogP contribution in [0, 0.1) is 30.6 Å². The van der Waals surface area contributed by atoms with Gasteiger partial charge >= 0.3 is 0 Å². The fraction of sp³-hybridized carbons (Fsp3) is 0.529. The second-order valence-electron chi connectivity index (χ2n) is 6.40. The number of rotatable bonds is 3. The number of carbonyl (C=O) groups is 2. The number of fused-ring (bicyclic) bond motifs is 3. The quantitative estimate of drug-likeness (QED) is 0.920. The van der Waals surface area contributed by atoms with E-state index in [4.69, 9.17) is 0 Å². The summed E-state index contributed by atoms with van der Waals surface area (Å²) >= 11 is 0. The molecular weight excluding hydrogens is 266 g/mol. The second-order valence-corrected chi connectivity index (χ2v) is 6.40. The van der Waals surface area contributed by atoms with Crippen LogP contribution in [0.3, 0.4) is 0 Å². The zero-order valence-corrected chi connectivity index (χ0v) is 12.2. The zero-order chi connectivity index (χ0) is 15.0. The Labute approximate surface area is 124 Å². The summed E-state index contributed by atoms with van der Waals surface area (Å²) in [6.45, 7) is 1.96. The van der Waals surface area contributed by atoms with E-state index in [0.717, 1.165) is 36.9 Å². The molecule has 3 saturated carbocycles. The molecule has 0 radical (unpaired) electrons. The lowest BCUT2D eigenvalue weighted by molar-refractivity contribution is -0.318. The van der Waals surface area contributed by atoms with Crippen molar-refractivity contribution in [3.05, 3.63) is 29.8 Å². The summed E-state index contributed by atoms with van der Waals surface area (Å²) in [5.74, 6) is -2.00. The van der Waals surface area contributed by atoms with Gasteiger partial charge in [0.1, 0.15) is 0 Å². The number of carboxylic acid groups (broad SMARTS) is 1. The molecular formula is C17H20NO3-. The Balaban J connectivity index is 1.80. The lowest BCUT2D eigenvalue weighted by atomic mass is 9.58. The van der Waals surface area contributed by atoms with Crippen molar-refractivity contribution in [1.82, 2.24) is 0 Å². The minimum Gasteiger partial charge on any atom is -0.550 e. The highest BCUT2D eigenvalue weighted by molar-refractivity contribution is 5.95. The van der Waals surface area contributed by atoms with E-state index in [1.54, 1.807) is 0 Å². The summed E-state index contributed by atoms with van der Waals surface area (Å²) in [4.78, 5) is 24.1. The molecule has 2 bridgehead atoms. The van der Waals surface area contributed by atoms with Gasteiger partial charge in [0.2, 0.25) is 5.91 Å². The summed E-state index contributed by atoms with van der Waals surface area (Å²) in [5, 5.41) is 14.4. The van der Waals surface area contributed by atoms with E-state index in [9.17, 15) is 14.7 Å². The maximum Gasteiger partial charge on any atom is 0.228 e. The third kappa shape index (κ3) is 2.67. The van der Waals surface area contributed by atoms with E-state index in [0.29, 0.717) is 0 Å². The van der Waals surface area contributed by atoms with Crippen molar-refractivity contribution in [2.24, 2.45) is 23.7 Å². The van der Waals surface area contributed by atoms with Crippen molar-refractivity contribution in [1.29, 1.82) is 0 Å². The molecule has 4 nitrogen and oxygen atoms in total. The average molecular weight is 286 g/mol. The third-order valence-electron chi connectivity index (χ3n) is 5.08. The van der Waals surface area contributed by atoms with Crippen molar-refractivity contribution in [2.75, 3.05) is 5.32 Å². The van der Waals surface area contributed by atoms with E-state index >= 15 is 0 Å². The van der Waals surface area contributed by atoms with Crippen molar-refractivity contribution < 1.29 is 14.7 Å². The van der Waals surface area contributed by atoms with Gasteiger partial charge in [0, 0.05) is 23.5 Å². The third-order valence-corrected chi connectivity index (χ3v) is 5.08. The maximum absolute atomic E-state index is 12.6. The second kappa shape index (κ2) is 5.51. The first kappa shape index (κ1) is 14.1. The predicted molar refractivity (Wildman–Crippen MR) is 77.2 cm³/mol. The minimum atomic E-state index is -1.06. The smallest absolute Gasteiger partial charge is 0.228 e. The number of nitrogens with one attached hydrogen (secondary N) is 1. The highest BCUT2D eigenvalue weighted by Crippen LogP contribution is 2.49. The first-order valence-corrected chi connectivity index (χ1v) is 7.64. The van der Waals surface area contributed by atoms with Gasteiger partial charge in [-0.15, -0.1) is 0 Å². The number of benzene rings is 1. The molecule has 4 rings (SSSR count). The molecule has 112 valence electrons. The van der Waals surface area contributed by atoms with E-state index in [1.807, 2.05) is 31.2 Å². The fourth-order valence-corrected chi connectivity index (χ4v) is 4.11. The zero-order valence-electron chi connectivity index (χ0n) is 12.2. The van der Waals surface area contributed by atoms with Crippen LogP contribution in [0.5, 0.6) is 0 Å². The monoisotopic (exact) mass is 286 g/mol. The largest absolute Gasteiger partial charge is 0.550 e. The van der Waals surface area contributed by atoms with Crippen LogP contribution in [0.1, 0.15) is 31.2 Å². The Hall–Kier alpha value is -1.84. The highest BCUT2D eigenvalue weighted by Gasteiger charge is 2.47. The standard InChI is InChI=1S/C17H21NO3/c1-10-3-2-4-13(9-10)18-16(19)14-11-5-7-12(8-6-11)15(14)17(20)21/h2-4,9,11-12,14-15H,5-8H2,1H3,(H,18,19)(H,20,21)/p-1/t11?,12?,14-,15-/m1/s1. The van der Waals surface area contributed by atoms with Gasteiger partial charge < -0.3 is 15.2 Å². The number of aryl methyl sites for hydroxylation is 1. The van der Waals surface area contributed by atoms with Gasteiger partial charge in [-0.25, -0.2) is 0 Å². The molecule has 1 aromatic carbocycles. The summed E-state index contributed by atoms with van der Waals surface area (Å²) in [7, 11) is 0. The van der Waals surface area contributed by atoms with Crippen molar-refractivity contribution >= 4 is 17.6 Å². The number of hydrogen-bond donors (Lipinski definition) is 1. The lowest BCUT2D eigenvalue weighted by Gasteiger charge is -2.48. The average Bonchev–Trinajstić information content (AvgIpc) is 2.47. The van der Waals surface area contributed by atoms with Gasteiger partial charge in [-0.1, -0.05) is 12.1 Å². The van der Waals surface area contributed by atoms with Crippen LogP contribution >= 0.6 is 0 Å². The summed E-state index contributed by atoms with van der Waals surface area (Å²) in [5.41, 5.74) is 1.80. The van der Waals surface area contributed by atoms with E-state index in [2.05, 4.69) is 5.32 Å². The van der Waals surface area contributed by atoms with E-state index < -0.39 is 17.8 Å². The molecule has 2 atom stereocenters. The normalized spacial score (nSPS) is 30.9. The van der Waals surface area contributed by atoms with Gasteiger partial charge in [0.05, 0.1) is 0 Å². The summed E-state index contributed by atoms with van der Waals surface area (Å²) in [6, 6.07) is 7.57. The van der Waals surface area contributed by atoms with Crippen molar-refractivity contribution in [3.63, 3.8) is 0 Å². The fourth-order valence-electron chi connectivity index (χ4n) is 4.11. The van der Waals surface area contributed by atoms with Gasteiger partial charge in [-0.3, -0.25) is 4.79 Å². The molecule has 0 heterocycles. The first-order chi connectivity index (χ1) is 10.1. The predicted octanol–water partition coefficient (Wildman–Crippen LogP) is 1.74. The summed E-state index contributed by atoms with van der Waals surface area (Å²) in [6.07, 6.45) is 3.75. The Kier molecular flexibility index (Phi) is 3.70. The molecule has 1 N–H and O–H groups in total. The number of carboxylic acids is 1. The van der Waals surface area contributed by atoms with Crippen LogP contribution in [0.25, 0.3) is 0 Å². The topological polar surface area (TPSA) is 69.2 Å². The van der Waals surface area contributed by atoms with Gasteiger partial charge in [-0.05, 0) is 62.1 Å². The Bertz CT molecular complexity index is 561. The molecule has 0 aliphatic heterocycles. The number of aliphatic carboxylic acids is 1. The molecule has 3 aliphatic carbocycles. The molecule has 1 aromatic rings. The molecule has 1 amide bonds. The lowest BCUT2D eigenvalue weighted by Crippen LogP contribution is -2.52. The number of anilines is 1. The van der Waals surface area contributed by atoms with E-state index in [1.165, 1.54) is 0 Å². The highest BCUT2D eigenvalue weighted by atomic mass is 16.4. The molecule has 0 spiro atoms. The molecule has 21 heavy (non-hydrogen) atoms. The summed E-state index contributed by atoms with van der Waals surface area (Å²) < 4.78 is 0. The molecule has 0 unspecified atom stereocenters. The van der Waals surface area contributed by atoms with Crippen LogP contribution in [0.2, 0.25) is 0 Å². The Morgan fingerprint density at radius 1 is 1.10 bits per heavy atom. The molecule has 0 aromatic heterocycles. The molecule has 3 fully saturated rings. The Morgan fingerprint density at radius 3 is 2.29 bits per heavy atom.